The molecule has 0 unspecified atom stereocenters. The van der Waals surface area contributed by atoms with Crippen LogP contribution in [0.5, 0.6) is 5.75 Å². The van der Waals surface area contributed by atoms with E-state index in [4.69, 9.17) is 4.74 Å². The lowest BCUT2D eigenvalue weighted by Crippen LogP contribution is -2.04. The molecule has 6 heteroatoms. The Morgan fingerprint density at radius 3 is 2.79 bits per heavy atom. The van der Waals surface area contributed by atoms with Gasteiger partial charge in [-0.25, -0.2) is 4.98 Å². The van der Waals surface area contributed by atoms with Crippen molar-refractivity contribution in [1.82, 2.24) is 4.98 Å². The summed E-state index contributed by atoms with van der Waals surface area (Å²) in [7, 11) is 3.30. The molecule has 19 heavy (non-hydrogen) atoms. The zero-order chi connectivity index (χ0) is 13.8. The molecule has 0 saturated heterocycles. The number of benzene rings is 1. The zero-order valence-corrected chi connectivity index (χ0v) is 10.6. The number of pyridine rings is 1. The number of hydrogen-bond acceptors (Lipinski definition) is 4. The first-order chi connectivity index (χ1) is 9.15. The number of para-hydroxylation sites is 1. The molecule has 0 aliphatic carbocycles. The summed E-state index contributed by atoms with van der Waals surface area (Å²) in [6.07, 6.45) is 0. The Labute approximate surface area is 109 Å². The van der Waals surface area contributed by atoms with Crippen LogP contribution in [0.3, 0.4) is 0 Å². The first kappa shape index (κ1) is 13.5. The topological polar surface area (TPSA) is 43.4 Å². The second-order valence-corrected chi connectivity index (χ2v) is 3.87. The van der Waals surface area contributed by atoms with Crippen molar-refractivity contribution in [3.05, 3.63) is 30.0 Å². The number of alkyl halides is 2. The van der Waals surface area contributed by atoms with Crippen LogP contribution >= 0.6 is 0 Å². The number of aromatic nitrogens is 1. The van der Waals surface area contributed by atoms with Crippen molar-refractivity contribution >= 4 is 16.6 Å². The number of nitrogens with one attached hydrogen (secondary N) is 1. The van der Waals surface area contributed by atoms with Crippen molar-refractivity contribution in [2.45, 2.75) is 13.2 Å². The van der Waals surface area contributed by atoms with Crippen LogP contribution < -0.4 is 10.1 Å². The monoisotopic (exact) mass is 268 g/mol. The highest BCUT2D eigenvalue weighted by Gasteiger charge is 2.12. The number of nitrogens with zero attached hydrogens (tertiary/aromatic N) is 1. The van der Waals surface area contributed by atoms with E-state index in [2.05, 4.69) is 15.0 Å². The van der Waals surface area contributed by atoms with Crippen molar-refractivity contribution in [3.8, 4) is 5.75 Å². The Balaban J connectivity index is 2.61. The third-order valence-corrected chi connectivity index (χ3v) is 2.63. The molecule has 2 aromatic rings. The number of fused-ring (bicyclic) bond motifs is 1. The van der Waals surface area contributed by atoms with Crippen LogP contribution in [0.15, 0.2) is 24.3 Å². The summed E-state index contributed by atoms with van der Waals surface area (Å²) < 4.78 is 34.3. The number of ether oxygens (including phenoxy) is 2. The van der Waals surface area contributed by atoms with Gasteiger partial charge in [0.25, 0.3) is 0 Å². The first-order valence-electron chi connectivity index (χ1n) is 5.70. The van der Waals surface area contributed by atoms with Gasteiger partial charge in [0.05, 0.1) is 12.3 Å². The fourth-order valence-electron chi connectivity index (χ4n) is 1.89. The SMILES string of the molecule is CNc1cc(COC)nc2c(OC(F)F)cccc12. The van der Waals surface area contributed by atoms with E-state index in [0.29, 0.717) is 17.8 Å². The molecule has 0 saturated carbocycles. The molecule has 0 atom stereocenters. The quantitative estimate of drug-likeness (QED) is 0.905. The molecule has 1 N–H and O–H groups in total. The maximum atomic E-state index is 12.4. The summed E-state index contributed by atoms with van der Waals surface area (Å²) in [4.78, 5) is 4.30. The molecule has 1 aromatic carbocycles. The van der Waals surface area contributed by atoms with Crippen molar-refractivity contribution in [1.29, 1.82) is 0 Å². The van der Waals surface area contributed by atoms with Crippen LogP contribution in [-0.2, 0) is 11.3 Å². The molecular formula is C13H14F2N2O2. The highest BCUT2D eigenvalue weighted by atomic mass is 19.3. The molecule has 4 nitrogen and oxygen atoms in total. The molecule has 0 amide bonds. The Morgan fingerprint density at radius 2 is 2.16 bits per heavy atom. The second-order valence-electron chi connectivity index (χ2n) is 3.87. The molecule has 2 rings (SSSR count). The number of halogens is 2. The van der Waals surface area contributed by atoms with E-state index in [-0.39, 0.29) is 5.75 Å². The maximum Gasteiger partial charge on any atom is 0.387 e. The van der Waals surface area contributed by atoms with E-state index in [1.807, 2.05) is 6.07 Å². The standard InChI is InChI=1S/C13H14F2N2O2/c1-16-10-6-8(7-18-2)17-12-9(10)4-3-5-11(12)19-13(14)15/h3-6,13H,7H2,1-2H3,(H,16,17). The highest BCUT2D eigenvalue weighted by molar-refractivity contribution is 5.95. The van der Waals surface area contributed by atoms with Gasteiger partial charge in [-0.2, -0.15) is 8.78 Å². The van der Waals surface area contributed by atoms with Gasteiger partial charge >= 0.3 is 6.61 Å². The third-order valence-electron chi connectivity index (χ3n) is 2.63. The molecule has 1 aromatic heterocycles. The number of rotatable bonds is 5. The lowest BCUT2D eigenvalue weighted by molar-refractivity contribution is -0.0489. The third kappa shape index (κ3) is 2.90. The van der Waals surface area contributed by atoms with Gasteiger partial charge in [-0.15, -0.1) is 0 Å². The first-order valence-corrected chi connectivity index (χ1v) is 5.70. The van der Waals surface area contributed by atoms with Gasteiger partial charge in [-0.1, -0.05) is 12.1 Å². The van der Waals surface area contributed by atoms with E-state index in [1.165, 1.54) is 6.07 Å². The van der Waals surface area contributed by atoms with Gasteiger partial charge < -0.3 is 14.8 Å². The molecule has 0 spiro atoms. The van der Waals surface area contributed by atoms with Gasteiger partial charge in [0, 0.05) is 25.2 Å². The lowest BCUT2D eigenvalue weighted by Gasteiger charge is -2.12. The van der Waals surface area contributed by atoms with E-state index in [9.17, 15) is 8.78 Å². The van der Waals surface area contributed by atoms with Gasteiger partial charge in [0.2, 0.25) is 0 Å². The average Bonchev–Trinajstić information content (AvgIpc) is 2.38. The van der Waals surface area contributed by atoms with Gasteiger partial charge in [-0.3, -0.25) is 0 Å². The van der Waals surface area contributed by atoms with Crippen LogP contribution in [0, 0.1) is 0 Å². The summed E-state index contributed by atoms with van der Waals surface area (Å²) in [5.74, 6) is 0.0574. The van der Waals surface area contributed by atoms with Crippen molar-refractivity contribution in [2.24, 2.45) is 0 Å². The van der Waals surface area contributed by atoms with E-state index < -0.39 is 6.61 Å². The highest BCUT2D eigenvalue weighted by Crippen LogP contribution is 2.30. The Hall–Kier alpha value is -1.95. The van der Waals surface area contributed by atoms with E-state index in [1.54, 1.807) is 26.3 Å². The number of methoxy groups -OCH3 is 1. The minimum atomic E-state index is -2.88. The fourth-order valence-corrected chi connectivity index (χ4v) is 1.89. The molecule has 1 heterocycles. The van der Waals surface area contributed by atoms with Crippen LogP contribution in [0.2, 0.25) is 0 Å². The summed E-state index contributed by atoms with van der Waals surface area (Å²) in [5, 5.41) is 3.73. The Bertz CT molecular complexity index is 576. The van der Waals surface area contributed by atoms with Gasteiger partial charge in [0.15, 0.2) is 5.75 Å². The van der Waals surface area contributed by atoms with Crippen molar-refractivity contribution < 1.29 is 18.3 Å². The summed E-state index contributed by atoms with van der Waals surface area (Å²) in [6, 6.07) is 6.73. The molecule has 0 bridgehead atoms. The lowest BCUT2D eigenvalue weighted by atomic mass is 10.1. The minimum Gasteiger partial charge on any atom is -0.432 e. The van der Waals surface area contributed by atoms with Crippen LogP contribution in [0.25, 0.3) is 10.9 Å². The fraction of sp³-hybridized carbons (Fsp3) is 0.308. The smallest absolute Gasteiger partial charge is 0.387 e. The average molecular weight is 268 g/mol. The molecule has 0 aliphatic rings. The van der Waals surface area contributed by atoms with Crippen molar-refractivity contribution in [3.63, 3.8) is 0 Å². The van der Waals surface area contributed by atoms with Crippen LogP contribution in [0.1, 0.15) is 5.69 Å². The molecule has 0 fully saturated rings. The Morgan fingerprint density at radius 1 is 1.37 bits per heavy atom. The molecule has 102 valence electrons. The van der Waals surface area contributed by atoms with E-state index in [0.717, 1.165) is 11.1 Å². The minimum absolute atomic E-state index is 0.0574. The number of hydrogen-bond donors (Lipinski definition) is 1. The van der Waals surface area contributed by atoms with Crippen molar-refractivity contribution in [2.75, 3.05) is 19.5 Å². The van der Waals surface area contributed by atoms with Crippen LogP contribution in [0.4, 0.5) is 14.5 Å². The Kier molecular flexibility index (Phi) is 4.11. The molecular weight excluding hydrogens is 254 g/mol. The molecule has 0 aliphatic heterocycles. The predicted octanol–water partition coefficient (Wildman–Crippen LogP) is 3.02. The van der Waals surface area contributed by atoms with Crippen LogP contribution in [-0.4, -0.2) is 25.8 Å². The van der Waals surface area contributed by atoms with Gasteiger partial charge in [-0.05, 0) is 12.1 Å². The second kappa shape index (κ2) is 5.79. The largest absolute Gasteiger partial charge is 0.432 e. The predicted molar refractivity (Wildman–Crippen MR) is 68.6 cm³/mol. The molecule has 0 radical (unpaired) electrons. The van der Waals surface area contributed by atoms with E-state index >= 15 is 0 Å². The maximum absolute atomic E-state index is 12.4. The summed E-state index contributed by atoms with van der Waals surface area (Å²) >= 11 is 0. The summed E-state index contributed by atoms with van der Waals surface area (Å²) in [5.41, 5.74) is 1.82. The van der Waals surface area contributed by atoms with Gasteiger partial charge in [0.1, 0.15) is 5.52 Å². The summed E-state index contributed by atoms with van der Waals surface area (Å²) in [6.45, 7) is -2.58. The zero-order valence-electron chi connectivity index (χ0n) is 10.6. The normalized spacial score (nSPS) is 11.0. The number of anilines is 1.